The molecule has 43 heavy (non-hydrogen) atoms. The maximum absolute atomic E-state index is 12.6. The van der Waals surface area contributed by atoms with E-state index in [9.17, 15) is 9.90 Å². The number of aromatic nitrogens is 3. The third-order valence-corrected chi connectivity index (χ3v) is 9.81. The highest BCUT2D eigenvalue weighted by atomic mass is 35.5. The fourth-order valence-electron chi connectivity index (χ4n) is 5.91. The molecule has 2 aromatic heterocycles. The lowest BCUT2D eigenvalue weighted by Crippen LogP contribution is -2.55. The Kier molecular flexibility index (Phi) is 9.92. The second kappa shape index (κ2) is 13.3. The molecule has 13 heteroatoms. The Balaban J connectivity index is 1.28. The molecule has 1 spiro atoms. The first kappa shape index (κ1) is 32.0. The van der Waals surface area contributed by atoms with Gasteiger partial charge >= 0.3 is 6.09 Å². The van der Waals surface area contributed by atoms with E-state index < -0.39 is 11.7 Å². The van der Waals surface area contributed by atoms with Crippen molar-refractivity contribution in [2.75, 3.05) is 37.8 Å². The zero-order valence-corrected chi connectivity index (χ0v) is 27.1. The van der Waals surface area contributed by atoms with Gasteiger partial charge in [0, 0.05) is 42.4 Å². The maximum Gasteiger partial charge on any atom is 0.407 e. The number of aryl methyl sites for hydroxylation is 1. The largest absolute Gasteiger partial charge is 0.473 e. The minimum atomic E-state index is -0.575. The Hall–Kier alpha value is -2.38. The molecule has 0 unspecified atom stereocenters. The van der Waals surface area contributed by atoms with Crippen LogP contribution < -0.4 is 15.0 Å². The van der Waals surface area contributed by atoms with E-state index in [4.69, 9.17) is 40.5 Å². The number of halogens is 1. The van der Waals surface area contributed by atoms with Gasteiger partial charge in [0.25, 0.3) is 0 Å². The molecule has 3 saturated heterocycles. The van der Waals surface area contributed by atoms with Crippen molar-refractivity contribution in [2.24, 2.45) is 5.41 Å². The Morgan fingerprint density at radius 1 is 1.26 bits per heavy atom. The fourth-order valence-corrected chi connectivity index (χ4v) is 7.05. The summed E-state index contributed by atoms with van der Waals surface area (Å²) >= 11 is 8.09. The van der Waals surface area contributed by atoms with Crippen molar-refractivity contribution in [2.45, 2.75) is 101 Å². The number of ether oxygens (including phenoxy) is 4. The zero-order valence-electron chi connectivity index (χ0n) is 25.5. The molecule has 0 radical (unpaired) electrons. The summed E-state index contributed by atoms with van der Waals surface area (Å²) in [6.07, 6.45) is 4.34. The number of aliphatic hydroxyl groups excluding tert-OH is 1. The Morgan fingerprint density at radius 2 is 1.98 bits per heavy atom. The quantitative estimate of drug-likeness (QED) is 0.430. The number of carbonyl (C=O) groups excluding carboxylic acids is 1. The predicted molar refractivity (Wildman–Crippen MR) is 163 cm³/mol. The highest BCUT2D eigenvalue weighted by Crippen LogP contribution is 2.44. The second-order valence-corrected chi connectivity index (χ2v) is 13.9. The van der Waals surface area contributed by atoms with Crippen LogP contribution in [0.25, 0.3) is 0 Å². The van der Waals surface area contributed by atoms with Gasteiger partial charge < -0.3 is 34.3 Å². The first-order valence-electron chi connectivity index (χ1n) is 14.9. The molecular formula is C30H42ClN5O6S. The SMILES string of the molecule is Cc1nc(N2CCC3(CC2)CO[C@@H](C)[C@H]3NC(=O)OC(C)(C)C)c(CO)nc1Sc1ccnc(OC2CCOCC2)c1Cl. The smallest absolute Gasteiger partial charge is 0.407 e. The summed E-state index contributed by atoms with van der Waals surface area (Å²) in [5, 5.41) is 14.5. The molecule has 2 atom stereocenters. The zero-order chi connectivity index (χ0) is 30.8. The maximum atomic E-state index is 12.6. The summed E-state index contributed by atoms with van der Waals surface area (Å²) in [5.41, 5.74) is 0.466. The van der Waals surface area contributed by atoms with Crippen LogP contribution in [0.3, 0.4) is 0 Å². The number of nitrogens with one attached hydrogen (secondary N) is 1. The van der Waals surface area contributed by atoms with Crippen molar-refractivity contribution in [3.63, 3.8) is 0 Å². The molecule has 3 fully saturated rings. The molecule has 0 aliphatic carbocycles. The number of hydrogen-bond acceptors (Lipinski definition) is 11. The highest BCUT2D eigenvalue weighted by molar-refractivity contribution is 7.99. The number of alkyl carbamates (subject to hydrolysis) is 1. The first-order chi connectivity index (χ1) is 20.5. The lowest BCUT2D eigenvalue weighted by Gasteiger charge is -2.43. The highest BCUT2D eigenvalue weighted by Gasteiger charge is 2.50. The minimum absolute atomic E-state index is 0.0202. The van der Waals surface area contributed by atoms with Gasteiger partial charge in [-0.3, -0.25) is 0 Å². The van der Waals surface area contributed by atoms with Crippen LogP contribution in [-0.2, 0) is 20.8 Å². The summed E-state index contributed by atoms with van der Waals surface area (Å²) in [7, 11) is 0. The summed E-state index contributed by atoms with van der Waals surface area (Å²) in [5.74, 6) is 1.07. The van der Waals surface area contributed by atoms with E-state index in [-0.39, 0.29) is 30.3 Å². The van der Waals surface area contributed by atoms with Crippen LogP contribution >= 0.6 is 23.4 Å². The van der Waals surface area contributed by atoms with Crippen LogP contribution in [0.4, 0.5) is 10.6 Å². The van der Waals surface area contributed by atoms with E-state index in [1.54, 1.807) is 6.20 Å². The van der Waals surface area contributed by atoms with Crippen LogP contribution in [0.2, 0.25) is 5.02 Å². The molecule has 236 valence electrons. The fraction of sp³-hybridized carbons (Fsp3) is 0.667. The molecule has 0 saturated carbocycles. The van der Waals surface area contributed by atoms with Gasteiger partial charge in [0.1, 0.15) is 27.4 Å². The predicted octanol–water partition coefficient (Wildman–Crippen LogP) is 4.93. The topological polar surface area (TPSA) is 128 Å². The molecule has 5 rings (SSSR count). The Bertz CT molecular complexity index is 1300. The molecule has 1 amide bonds. The monoisotopic (exact) mass is 635 g/mol. The van der Waals surface area contributed by atoms with Crippen LogP contribution in [0.5, 0.6) is 5.88 Å². The van der Waals surface area contributed by atoms with E-state index in [2.05, 4.69) is 15.2 Å². The summed E-state index contributed by atoms with van der Waals surface area (Å²) < 4.78 is 23.1. The molecule has 3 aliphatic heterocycles. The van der Waals surface area contributed by atoms with Crippen LogP contribution in [0.1, 0.15) is 64.8 Å². The van der Waals surface area contributed by atoms with Crippen LogP contribution in [0, 0.1) is 12.3 Å². The number of rotatable bonds is 7. The van der Waals surface area contributed by atoms with E-state index in [1.807, 2.05) is 40.7 Å². The third kappa shape index (κ3) is 7.47. The van der Waals surface area contributed by atoms with Gasteiger partial charge in [0.05, 0.1) is 44.3 Å². The molecule has 0 aromatic carbocycles. The van der Waals surface area contributed by atoms with Gasteiger partial charge in [-0.2, -0.15) is 0 Å². The van der Waals surface area contributed by atoms with Crippen molar-refractivity contribution >= 4 is 35.3 Å². The van der Waals surface area contributed by atoms with E-state index in [0.717, 1.165) is 36.3 Å². The summed E-state index contributed by atoms with van der Waals surface area (Å²) in [6.45, 7) is 12.5. The van der Waals surface area contributed by atoms with Crippen molar-refractivity contribution < 1.29 is 28.8 Å². The average molecular weight is 636 g/mol. The molecule has 11 nitrogen and oxygen atoms in total. The van der Waals surface area contributed by atoms with Gasteiger partial charge in [-0.25, -0.2) is 19.7 Å². The lowest BCUT2D eigenvalue weighted by atomic mass is 9.73. The van der Waals surface area contributed by atoms with Crippen LogP contribution in [0.15, 0.2) is 22.2 Å². The number of aliphatic hydroxyl groups is 1. The molecule has 0 bridgehead atoms. The molecule has 5 heterocycles. The molecule has 3 aliphatic rings. The summed E-state index contributed by atoms with van der Waals surface area (Å²) in [4.78, 5) is 29.6. The van der Waals surface area contributed by atoms with Crippen molar-refractivity contribution in [3.8, 4) is 5.88 Å². The van der Waals surface area contributed by atoms with Crippen molar-refractivity contribution in [1.29, 1.82) is 0 Å². The van der Waals surface area contributed by atoms with Crippen LogP contribution in [-0.4, -0.2) is 82.9 Å². The lowest BCUT2D eigenvalue weighted by molar-refractivity contribution is 0.0236. The number of amides is 1. The van der Waals surface area contributed by atoms with E-state index >= 15 is 0 Å². The number of nitrogens with zero attached hydrogens (tertiary/aromatic N) is 4. The Labute approximate surface area is 262 Å². The van der Waals surface area contributed by atoms with Gasteiger partial charge in [-0.05, 0) is 53.5 Å². The number of piperidine rings is 1. The standard InChI is InChI=1S/C30H42ClN5O6S/c1-18-27(43-22-6-11-32-26(23(22)31)41-20-7-14-39-15-8-20)34-21(16-37)25(33-18)36-12-9-30(10-13-36)17-40-19(2)24(30)35-28(38)42-29(3,4)5/h6,11,19-20,24,37H,7-10,12-17H2,1-5H3,(H,35,38)/t19-,24+/m0/s1. The van der Waals surface area contributed by atoms with Crippen molar-refractivity contribution in [1.82, 2.24) is 20.3 Å². The first-order valence-corrected chi connectivity index (χ1v) is 16.1. The average Bonchev–Trinajstić information content (AvgIpc) is 3.25. The number of pyridine rings is 1. The van der Waals surface area contributed by atoms with E-state index in [0.29, 0.717) is 60.4 Å². The second-order valence-electron chi connectivity index (χ2n) is 12.5. The number of anilines is 1. The normalized spacial score (nSPS) is 22.5. The summed E-state index contributed by atoms with van der Waals surface area (Å²) in [6, 6.07) is 1.67. The third-order valence-electron chi connectivity index (χ3n) is 8.20. The molecule has 2 aromatic rings. The van der Waals surface area contributed by atoms with Gasteiger partial charge in [0.2, 0.25) is 5.88 Å². The number of carbonyl (C=O) groups is 1. The van der Waals surface area contributed by atoms with Crippen molar-refractivity contribution in [3.05, 3.63) is 28.7 Å². The molecule has 2 N–H and O–H groups in total. The van der Waals surface area contributed by atoms with Gasteiger partial charge in [0.15, 0.2) is 5.82 Å². The van der Waals surface area contributed by atoms with E-state index in [1.165, 1.54) is 11.8 Å². The number of hydrogen-bond donors (Lipinski definition) is 2. The van der Waals surface area contributed by atoms with Gasteiger partial charge in [-0.15, -0.1) is 0 Å². The Morgan fingerprint density at radius 3 is 2.65 bits per heavy atom. The molecular weight excluding hydrogens is 594 g/mol. The minimum Gasteiger partial charge on any atom is -0.473 e. The van der Waals surface area contributed by atoms with Gasteiger partial charge in [-0.1, -0.05) is 23.4 Å².